The predicted octanol–water partition coefficient (Wildman–Crippen LogP) is 2.05. The zero-order chi connectivity index (χ0) is 11.7. The number of alkyl halides is 1. The van der Waals surface area contributed by atoms with Crippen molar-refractivity contribution in [3.63, 3.8) is 0 Å². The van der Waals surface area contributed by atoms with Gasteiger partial charge in [0.15, 0.2) is 0 Å². The Morgan fingerprint density at radius 3 is 3.00 bits per heavy atom. The maximum Gasteiger partial charge on any atom is 0.341 e. The third-order valence-corrected chi connectivity index (χ3v) is 2.62. The number of carbonyl (C=O) groups excluding carboxylic acids is 1. The van der Waals surface area contributed by atoms with E-state index in [1.807, 2.05) is 13.0 Å². The number of hydrogen-bond acceptors (Lipinski definition) is 3. The molecule has 1 aromatic rings. The van der Waals surface area contributed by atoms with E-state index in [1.54, 1.807) is 6.07 Å². The predicted molar refractivity (Wildman–Crippen MR) is 56.6 cm³/mol. The van der Waals surface area contributed by atoms with Crippen molar-refractivity contribution >= 4 is 5.97 Å². The van der Waals surface area contributed by atoms with Crippen molar-refractivity contribution in [1.29, 1.82) is 0 Å². The highest BCUT2D eigenvalue weighted by Gasteiger charge is 2.28. The number of fused-ring (bicyclic) bond motifs is 1. The molecule has 1 aromatic carbocycles. The van der Waals surface area contributed by atoms with Crippen LogP contribution < -0.4 is 4.74 Å². The molecule has 16 heavy (non-hydrogen) atoms. The SMILES string of the molecule is COC(=O)c1cc(C)cc2c1OC(CF)C2. The minimum Gasteiger partial charge on any atom is -0.486 e. The highest BCUT2D eigenvalue weighted by atomic mass is 19.1. The standard InChI is InChI=1S/C12H13FO3/c1-7-3-8-5-9(6-13)16-11(8)10(4-7)12(14)15-2/h3-4,9H,5-6H2,1-2H3. The van der Waals surface area contributed by atoms with Crippen LogP contribution in [0.3, 0.4) is 0 Å². The average Bonchev–Trinajstić information content (AvgIpc) is 2.69. The van der Waals surface area contributed by atoms with Crippen molar-refractivity contribution in [3.05, 3.63) is 28.8 Å². The Morgan fingerprint density at radius 2 is 2.38 bits per heavy atom. The molecule has 86 valence electrons. The second kappa shape index (κ2) is 4.12. The number of esters is 1. The molecule has 0 N–H and O–H groups in total. The topological polar surface area (TPSA) is 35.5 Å². The summed E-state index contributed by atoms with van der Waals surface area (Å²) >= 11 is 0. The molecular formula is C12H13FO3. The average molecular weight is 224 g/mol. The number of carbonyl (C=O) groups is 1. The lowest BCUT2D eigenvalue weighted by Gasteiger charge is -2.09. The van der Waals surface area contributed by atoms with Gasteiger partial charge >= 0.3 is 5.97 Å². The molecule has 0 aliphatic carbocycles. The minimum absolute atomic E-state index is 0.383. The van der Waals surface area contributed by atoms with Crippen LogP contribution in [0.1, 0.15) is 21.5 Å². The molecule has 1 heterocycles. The van der Waals surface area contributed by atoms with Crippen LogP contribution in [0.25, 0.3) is 0 Å². The zero-order valence-electron chi connectivity index (χ0n) is 9.25. The Hall–Kier alpha value is -1.58. The van der Waals surface area contributed by atoms with Gasteiger partial charge in [0.2, 0.25) is 0 Å². The fraction of sp³-hybridized carbons (Fsp3) is 0.417. The van der Waals surface area contributed by atoms with Crippen molar-refractivity contribution in [3.8, 4) is 5.75 Å². The fourth-order valence-electron chi connectivity index (χ4n) is 1.94. The fourth-order valence-corrected chi connectivity index (χ4v) is 1.94. The first kappa shape index (κ1) is 10.9. The molecule has 1 atom stereocenters. The van der Waals surface area contributed by atoms with E-state index in [0.717, 1.165) is 11.1 Å². The number of ether oxygens (including phenoxy) is 2. The van der Waals surface area contributed by atoms with Gasteiger partial charge in [-0.3, -0.25) is 0 Å². The first-order valence-electron chi connectivity index (χ1n) is 5.10. The Kier molecular flexibility index (Phi) is 2.81. The molecule has 1 aliphatic rings. The van der Waals surface area contributed by atoms with Crippen molar-refractivity contribution < 1.29 is 18.7 Å². The lowest BCUT2D eigenvalue weighted by molar-refractivity contribution is 0.0594. The normalized spacial score (nSPS) is 17.8. The van der Waals surface area contributed by atoms with E-state index >= 15 is 0 Å². The quantitative estimate of drug-likeness (QED) is 0.721. The molecule has 0 amide bonds. The van der Waals surface area contributed by atoms with Crippen LogP contribution >= 0.6 is 0 Å². The summed E-state index contributed by atoms with van der Waals surface area (Å²) in [6, 6.07) is 3.61. The molecule has 2 rings (SSSR count). The van der Waals surface area contributed by atoms with Gasteiger partial charge in [-0.25, -0.2) is 9.18 Å². The van der Waals surface area contributed by atoms with E-state index in [1.165, 1.54) is 7.11 Å². The molecule has 0 spiro atoms. The third-order valence-electron chi connectivity index (χ3n) is 2.62. The second-order valence-corrected chi connectivity index (χ2v) is 3.89. The van der Waals surface area contributed by atoms with Gasteiger partial charge in [0.05, 0.1) is 7.11 Å². The van der Waals surface area contributed by atoms with Crippen LogP contribution in [-0.2, 0) is 11.2 Å². The molecule has 0 saturated heterocycles. The molecule has 0 bridgehead atoms. The highest BCUT2D eigenvalue weighted by Crippen LogP contribution is 2.34. The zero-order valence-corrected chi connectivity index (χ0v) is 9.25. The molecule has 0 radical (unpaired) electrons. The molecule has 3 nitrogen and oxygen atoms in total. The lowest BCUT2D eigenvalue weighted by atomic mass is 10.0. The largest absolute Gasteiger partial charge is 0.486 e. The Labute approximate surface area is 93.2 Å². The summed E-state index contributed by atoms with van der Waals surface area (Å²) in [5, 5.41) is 0. The van der Waals surface area contributed by atoms with Crippen molar-refractivity contribution in [2.45, 2.75) is 19.4 Å². The van der Waals surface area contributed by atoms with Crippen LogP contribution in [0.4, 0.5) is 4.39 Å². The third kappa shape index (κ3) is 1.75. The summed E-state index contributed by atoms with van der Waals surface area (Å²) in [6.45, 7) is 1.34. The summed E-state index contributed by atoms with van der Waals surface area (Å²) in [6.07, 6.45) is 0.0394. The van der Waals surface area contributed by atoms with Gasteiger partial charge in [-0.05, 0) is 24.1 Å². The van der Waals surface area contributed by atoms with Crippen molar-refractivity contribution in [2.75, 3.05) is 13.8 Å². The Bertz CT molecular complexity index is 429. The summed E-state index contributed by atoms with van der Waals surface area (Å²) in [5.74, 6) is 0.0274. The smallest absolute Gasteiger partial charge is 0.341 e. The molecule has 0 saturated carbocycles. The van der Waals surface area contributed by atoms with E-state index in [0.29, 0.717) is 17.7 Å². The maximum atomic E-state index is 12.5. The van der Waals surface area contributed by atoms with Gasteiger partial charge in [0.1, 0.15) is 24.1 Å². The van der Waals surface area contributed by atoms with Crippen LogP contribution in [0.2, 0.25) is 0 Å². The summed E-state index contributed by atoms with van der Waals surface area (Å²) in [5.41, 5.74) is 2.21. The number of hydrogen-bond donors (Lipinski definition) is 0. The van der Waals surface area contributed by atoms with Crippen LogP contribution in [0, 0.1) is 6.92 Å². The Morgan fingerprint density at radius 1 is 1.62 bits per heavy atom. The number of methoxy groups -OCH3 is 1. The second-order valence-electron chi connectivity index (χ2n) is 3.89. The van der Waals surface area contributed by atoms with E-state index in [-0.39, 0.29) is 0 Å². The molecule has 1 unspecified atom stereocenters. The summed E-state index contributed by atoms with van der Waals surface area (Å²) in [4.78, 5) is 11.5. The van der Waals surface area contributed by atoms with Gasteiger partial charge in [-0.2, -0.15) is 0 Å². The van der Waals surface area contributed by atoms with Gasteiger partial charge in [0, 0.05) is 6.42 Å². The van der Waals surface area contributed by atoms with Crippen molar-refractivity contribution in [2.24, 2.45) is 0 Å². The van der Waals surface area contributed by atoms with Gasteiger partial charge in [0.25, 0.3) is 0 Å². The molecule has 0 aromatic heterocycles. The number of aryl methyl sites for hydroxylation is 1. The van der Waals surface area contributed by atoms with E-state index in [2.05, 4.69) is 4.74 Å². The number of rotatable bonds is 2. The van der Waals surface area contributed by atoms with E-state index in [9.17, 15) is 9.18 Å². The molecule has 0 fully saturated rings. The number of benzene rings is 1. The van der Waals surface area contributed by atoms with E-state index in [4.69, 9.17) is 4.74 Å². The molecular weight excluding hydrogens is 211 g/mol. The maximum absolute atomic E-state index is 12.5. The van der Waals surface area contributed by atoms with Crippen LogP contribution in [-0.4, -0.2) is 25.9 Å². The van der Waals surface area contributed by atoms with E-state index < -0.39 is 18.7 Å². The monoisotopic (exact) mass is 224 g/mol. The van der Waals surface area contributed by atoms with Gasteiger partial charge in [-0.1, -0.05) is 6.07 Å². The minimum atomic E-state index is -0.547. The molecule has 1 aliphatic heterocycles. The van der Waals surface area contributed by atoms with Crippen LogP contribution in [0.15, 0.2) is 12.1 Å². The highest BCUT2D eigenvalue weighted by molar-refractivity contribution is 5.93. The lowest BCUT2D eigenvalue weighted by Crippen LogP contribution is -2.15. The first-order valence-corrected chi connectivity index (χ1v) is 5.10. The van der Waals surface area contributed by atoms with Gasteiger partial charge < -0.3 is 9.47 Å². The van der Waals surface area contributed by atoms with Crippen LogP contribution in [0.5, 0.6) is 5.75 Å². The Balaban J connectivity index is 2.45. The van der Waals surface area contributed by atoms with Crippen molar-refractivity contribution in [1.82, 2.24) is 0 Å². The number of halogens is 1. The molecule has 4 heteroatoms. The summed E-state index contributed by atoms with van der Waals surface area (Å²) in [7, 11) is 1.32. The first-order chi connectivity index (χ1) is 7.65. The summed E-state index contributed by atoms with van der Waals surface area (Å²) < 4.78 is 22.6. The van der Waals surface area contributed by atoms with Gasteiger partial charge in [-0.15, -0.1) is 0 Å².